The Morgan fingerprint density at radius 1 is 0.540 bits per heavy atom. The summed E-state index contributed by atoms with van der Waals surface area (Å²) < 4.78 is 48.6. The minimum atomic E-state index is -0.989. The van der Waals surface area contributed by atoms with Gasteiger partial charge in [0.1, 0.15) is 24.4 Å². The molecule has 4 amide bonds. The molecule has 0 heterocycles. The van der Waals surface area contributed by atoms with Gasteiger partial charge < -0.3 is 53.3 Å². The van der Waals surface area contributed by atoms with Crippen LogP contribution in [0, 0.1) is 0 Å². The summed E-state index contributed by atoms with van der Waals surface area (Å²) in [7, 11) is 0. The number of carbonyl (C=O) groups is 5. The van der Waals surface area contributed by atoms with Crippen molar-refractivity contribution in [1.29, 1.82) is 0 Å². The van der Waals surface area contributed by atoms with Crippen LogP contribution in [0.2, 0.25) is 0 Å². The van der Waals surface area contributed by atoms with Gasteiger partial charge in [0.2, 0.25) is 0 Å². The molecular weight excluding hydrogens is 823 g/mol. The van der Waals surface area contributed by atoms with Crippen LogP contribution in [0.5, 0.6) is 0 Å². The number of unbranched alkanes of at least 4 members (excludes halogenated alkanes) is 1. The van der Waals surface area contributed by atoms with E-state index in [9.17, 15) is 24.0 Å². The Hall–Kier alpha value is -4.85. The van der Waals surface area contributed by atoms with Crippen LogP contribution in [-0.4, -0.2) is 132 Å². The second-order valence-corrected chi connectivity index (χ2v) is 16.0. The summed E-state index contributed by atoms with van der Waals surface area (Å²) in [5.74, 6) is -0.134. The number of alkyl carbamates (subject to hydrolysis) is 2. The molecule has 18 heteroatoms. The third kappa shape index (κ3) is 29.2. The molecule has 2 aromatic carbocycles. The number of hydrogen-bond acceptors (Lipinski definition) is 15. The number of nitrogens with one attached hydrogen (secondary N) is 2. The molecule has 1 atom stereocenters. The first kappa shape index (κ1) is 54.3. The predicted molar refractivity (Wildman–Crippen MR) is 231 cm³/mol. The highest BCUT2D eigenvalue weighted by atomic mass is 16.8. The van der Waals surface area contributed by atoms with E-state index in [-0.39, 0.29) is 45.2 Å². The van der Waals surface area contributed by atoms with Gasteiger partial charge in [-0.25, -0.2) is 19.2 Å². The molecule has 0 aliphatic carbocycles. The third-order valence-corrected chi connectivity index (χ3v) is 8.06. The van der Waals surface area contributed by atoms with Crippen LogP contribution in [0.1, 0.15) is 84.8 Å². The van der Waals surface area contributed by atoms with Gasteiger partial charge in [-0.2, -0.15) is 0 Å². The van der Waals surface area contributed by atoms with Gasteiger partial charge in [0, 0.05) is 19.6 Å². The molecule has 0 saturated carbocycles. The van der Waals surface area contributed by atoms with Crippen molar-refractivity contribution in [3.63, 3.8) is 0 Å². The Balaban J connectivity index is 1.52. The molecule has 0 aliphatic rings. The highest BCUT2D eigenvalue weighted by Crippen LogP contribution is 2.15. The predicted octanol–water partition coefficient (Wildman–Crippen LogP) is 6.91. The van der Waals surface area contributed by atoms with Crippen LogP contribution < -0.4 is 10.6 Å². The smallest absolute Gasteiger partial charge is 0.444 e. The van der Waals surface area contributed by atoms with Crippen molar-refractivity contribution in [2.75, 3.05) is 79.2 Å². The number of imide groups is 1. The molecule has 2 rings (SSSR count). The van der Waals surface area contributed by atoms with Crippen LogP contribution in [-0.2, 0) is 65.5 Å². The van der Waals surface area contributed by atoms with Crippen molar-refractivity contribution in [3.05, 3.63) is 71.8 Å². The zero-order chi connectivity index (χ0) is 46.2. The Morgan fingerprint density at radius 3 is 1.43 bits per heavy atom. The number of ether oxygens (including phenoxy) is 9. The van der Waals surface area contributed by atoms with Gasteiger partial charge in [0.05, 0.1) is 72.1 Å². The van der Waals surface area contributed by atoms with Gasteiger partial charge in [-0.05, 0) is 78.4 Å². The van der Waals surface area contributed by atoms with Gasteiger partial charge in [-0.15, -0.1) is 0 Å². The lowest BCUT2D eigenvalue weighted by molar-refractivity contribution is -0.148. The van der Waals surface area contributed by atoms with Gasteiger partial charge in [-0.3, -0.25) is 9.63 Å². The molecule has 0 bridgehead atoms. The average molecular weight is 892 g/mol. The summed E-state index contributed by atoms with van der Waals surface area (Å²) >= 11 is 0. The van der Waals surface area contributed by atoms with Crippen molar-refractivity contribution in [2.45, 2.75) is 104 Å². The summed E-state index contributed by atoms with van der Waals surface area (Å²) in [6.45, 7) is 13.7. The number of benzene rings is 2. The fraction of sp³-hybridized carbons (Fsp3) is 0.622. The molecule has 0 aromatic heterocycles. The van der Waals surface area contributed by atoms with Crippen molar-refractivity contribution < 1.29 is 71.4 Å². The number of carbonyl (C=O) groups excluding carboxylic acids is 5. The highest BCUT2D eigenvalue weighted by Gasteiger charge is 2.32. The molecular formula is C45H69N3O15. The van der Waals surface area contributed by atoms with Crippen LogP contribution in [0.15, 0.2) is 60.7 Å². The molecule has 0 spiro atoms. The minimum Gasteiger partial charge on any atom is -0.445 e. The van der Waals surface area contributed by atoms with Crippen LogP contribution in [0.4, 0.5) is 19.2 Å². The summed E-state index contributed by atoms with van der Waals surface area (Å²) in [5, 5.41) is 5.88. The summed E-state index contributed by atoms with van der Waals surface area (Å²) in [6.07, 6.45) is -0.967. The number of hydroxylamine groups is 2. The van der Waals surface area contributed by atoms with Gasteiger partial charge >= 0.3 is 24.4 Å². The molecule has 0 radical (unpaired) electrons. The van der Waals surface area contributed by atoms with E-state index >= 15 is 0 Å². The van der Waals surface area contributed by atoms with E-state index in [2.05, 4.69) is 10.6 Å². The van der Waals surface area contributed by atoms with E-state index in [0.29, 0.717) is 90.1 Å². The topological polar surface area (TPSA) is 205 Å². The molecule has 0 unspecified atom stereocenters. The Labute approximate surface area is 371 Å². The zero-order valence-corrected chi connectivity index (χ0v) is 37.9. The van der Waals surface area contributed by atoms with Gasteiger partial charge in [-0.1, -0.05) is 65.7 Å². The first-order valence-electron chi connectivity index (χ1n) is 21.3. The Bertz CT molecular complexity index is 1540. The molecule has 354 valence electrons. The van der Waals surface area contributed by atoms with Crippen molar-refractivity contribution in [3.8, 4) is 0 Å². The first-order chi connectivity index (χ1) is 30.1. The maximum Gasteiger partial charge on any atom is 0.444 e. The number of hydrogen-bond donors (Lipinski definition) is 2. The lowest BCUT2D eigenvalue weighted by Gasteiger charge is -2.27. The first-order valence-corrected chi connectivity index (χ1v) is 21.3. The summed E-state index contributed by atoms with van der Waals surface area (Å²) in [6, 6.07) is 17.9. The van der Waals surface area contributed by atoms with Crippen molar-refractivity contribution in [2.24, 2.45) is 0 Å². The number of Topliss-reactive ketones (excluding diaryl/α,β-unsaturated/α-hetero) is 1. The molecule has 2 aromatic rings. The van der Waals surface area contributed by atoms with E-state index < -0.39 is 41.6 Å². The number of amides is 4. The van der Waals surface area contributed by atoms with Crippen LogP contribution in [0.25, 0.3) is 0 Å². The lowest BCUT2D eigenvalue weighted by atomic mass is 10.0. The van der Waals surface area contributed by atoms with Crippen LogP contribution >= 0.6 is 0 Å². The summed E-state index contributed by atoms with van der Waals surface area (Å²) in [4.78, 5) is 68.0. The molecule has 0 aliphatic heterocycles. The Kier molecular flexibility index (Phi) is 27.5. The Morgan fingerprint density at radius 2 is 0.968 bits per heavy atom. The van der Waals surface area contributed by atoms with Crippen molar-refractivity contribution in [1.82, 2.24) is 15.7 Å². The molecule has 63 heavy (non-hydrogen) atoms. The zero-order valence-electron chi connectivity index (χ0n) is 37.9. The van der Waals surface area contributed by atoms with E-state index in [1.165, 1.54) is 0 Å². The standard InChI is InChI=1S/C45H69N3O15/c1-44(2,3)62-42(52)48(43(53)63-45(4,5)6)61-33-32-58-31-30-57-29-28-56-27-26-55-25-24-54-23-15-21-39(49)38(47-41(51)60-35-37-18-11-8-12-19-37)20-13-14-22-46-40(50)59-34-36-16-9-7-10-17-36/h7-12,16-19,38H,13-15,20-35H2,1-6H3,(H,46,50)(H,47,51)/t38-/m0/s1. The monoisotopic (exact) mass is 891 g/mol. The lowest BCUT2D eigenvalue weighted by Crippen LogP contribution is -2.44. The van der Waals surface area contributed by atoms with Gasteiger partial charge in [0.15, 0.2) is 5.78 Å². The van der Waals surface area contributed by atoms with Crippen LogP contribution in [0.3, 0.4) is 0 Å². The molecule has 0 saturated heterocycles. The van der Waals surface area contributed by atoms with Crippen molar-refractivity contribution >= 4 is 30.2 Å². The second kappa shape index (κ2) is 31.9. The normalized spacial score (nSPS) is 11.9. The van der Waals surface area contributed by atoms with Gasteiger partial charge in [0.25, 0.3) is 0 Å². The third-order valence-electron chi connectivity index (χ3n) is 8.06. The quantitative estimate of drug-likeness (QED) is 0.0448. The maximum absolute atomic E-state index is 13.1. The maximum atomic E-state index is 13.1. The largest absolute Gasteiger partial charge is 0.445 e. The average Bonchev–Trinajstić information content (AvgIpc) is 3.23. The number of rotatable bonds is 31. The molecule has 0 fully saturated rings. The van der Waals surface area contributed by atoms with E-state index in [4.69, 9.17) is 47.5 Å². The molecule has 18 nitrogen and oxygen atoms in total. The van der Waals surface area contributed by atoms with E-state index in [1.807, 2.05) is 60.7 Å². The highest BCUT2D eigenvalue weighted by molar-refractivity contribution is 5.87. The fourth-order valence-corrected chi connectivity index (χ4v) is 5.14. The second-order valence-electron chi connectivity index (χ2n) is 16.0. The van der Waals surface area contributed by atoms with E-state index in [0.717, 1.165) is 11.1 Å². The number of ketones is 1. The fourth-order valence-electron chi connectivity index (χ4n) is 5.14. The summed E-state index contributed by atoms with van der Waals surface area (Å²) in [5.41, 5.74) is 0.0414. The number of nitrogens with zero attached hydrogens (tertiary/aromatic N) is 1. The minimum absolute atomic E-state index is 0.0798. The molecule has 2 N–H and O–H groups in total. The van der Waals surface area contributed by atoms with E-state index in [1.54, 1.807) is 41.5 Å². The SMILES string of the molecule is CC(C)(C)OC(=O)N(OCCOCCOCCOCCOCCOCCCC(=O)[C@H](CCCCNC(=O)OCc1ccccc1)NC(=O)OCc1ccccc1)C(=O)OC(C)(C)C.